The lowest BCUT2D eigenvalue weighted by Crippen LogP contribution is -2.38. The first-order chi connectivity index (χ1) is 15.4. The van der Waals surface area contributed by atoms with E-state index in [4.69, 9.17) is 23.2 Å². The Morgan fingerprint density at radius 2 is 1.66 bits per heavy atom. The van der Waals surface area contributed by atoms with Crippen molar-refractivity contribution < 1.29 is 9.32 Å². The maximum atomic E-state index is 13.3. The SMILES string of the molecule is CN=S(=O)(NCC(O)CN1c2ccccc2CCc2ccc(Cl)cc21)c1ccc(Cl)cc1. The molecule has 0 bridgehead atoms. The van der Waals surface area contributed by atoms with Crippen LogP contribution in [0.5, 0.6) is 0 Å². The molecule has 4 rings (SSSR count). The fraction of sp³-hybridized carbons (Fsp3) is 0.250. The minimum Gasteiger partial charge on any atom is -0.390 e. The van der Waals surface area contributed by atoms with Crippen LogP contribution in [0.15, 0.2) is 76.0 Å². The van der Waals surface area contributed by atoms with E-state index >= 15 is 0 Å². The van der Waals surface area contributed by atoms with Crippen LogP contribution < -0.4 is 9.62 Å². The highest BCUT2D eigenvalue weighted by Gasteiger charge is 2.24. The lowest BCUT2D eigenvalue weighted by Gasteiger charge is -2.29. The van der Waals surface area contributed by atoms with Crippen molar-refractivity contribution in [1.82, 2.24) is 4.72 Å². The van der Waals surface area contributed by atoms with Crippen molar-refractivity contribution in [2.75, 3.05) is 25.0 Å². The maximum absolute atomic E-state index is 13.3. The highest BCUT2D eigenvalue weighted by atomic mass is 35.5. The molecule has 32 heavy (non-hydrogen) atoms. The summed E-state index contributed by atoms with van der Waals surface area (Å²) in [6.45, 7) is 0.421. The first-order valence-corrected chi connectivity index (χ1v) is 12.6. The first-order valence-electron chi connectivity index (χ1n) is 10.4. The van der Waals surface area contributed by atoms with E-state index < -0.39 is 16.0 Å². The van der Waals surface area contributed by atoms with Gasteiger partial charge in [0.25, 0.3) is 0 Å². The topological polar surface area (TPSA) is 64.9 Å². The summed E-state index contributed by atoms with van der Waals surface area (Å²) in [4.78, 5) is 2.62. The van der Waals surface area contributed by atoms with Gasteiger partial charge in [-0.15, -0.1) is 0 Å². The Balaban J connectivity index is 1.58. The van der Waals surface area contributed by atoms with Gasteiger partial charge in [-0.2, -0.15) is 0 Å². The molecule has 0 radical (unpaired) electrons. The Bertz CT molecular complexity index is 1220. The minimum absolute atomic E-state index is 0.105. The Labute approximate surface area is 199 Å². The van der Waals surface area contributed by atoms with Gasteiger partial charge in [0.15, 0.2) is 0 Å². The molecule has 1 aliphatic heterocycles. The second-order valence-electron chi connectivity index (χ2n) is 7.68. The smallest absolute Gasteiger partial charge is 0.137 e. The highest BCUT2D eigenvalue weighted by molar-refractivity contribution is 7.91. The lowest BCUT2D eigenvalue weighted by atomic mass is 10.0. The number of benzene rings is 3. The molecule has 1 aliphatic rings. The third kappa shape index (κ3) is 4.95. The number of β-amino-alcohol motifs (C(OH)–C–C–N with tert-alkyl or cyclic N) is 1. The monoisotopic (exact) mass is 489 g/mol. The molecule has 0 spiro atoms. The molecule has 3 aromatic carbocycles. The third-order valence-corrected chi connectivity index (χ3v) is 8.05. The fourth-order valence-electron chi connectivity index (χ4n) is 3.94. The molecule has 2 N–H and O–H groups in total. The van der Waals surface area contributed by atoms with Crippen molar-refractivity contribution in [2.24, 2.45) is 4.36 Å². The molecule has 0 aromatic heterocycles. The number of rotatable bonds is 6. The van der Waals surface area contributed by atoms with Crippen LogP contribution in [0.1, 0.15) is 11.1 Å². The van der Waals surface area contributed by atoms with E-state index in [0.29, 0.717) is 21.5 Å². The van der Waals surface area contributed by atoms with Crippen molar-refractivity contribution in [3.05, 3.63) is 87.9 Å². The molecule has 5 nitrogen and oxygen atoms in total. The highest BCUT2D eigenvalue weighted by Crippen LogP contribution is 2.37. The molecule has 1 heterocycles. The quantitative estimate of drug-likeness (QED) is 0.496. The van der Waals surface area contributed by atoms with E-state index in [-0.39, 0.29) is 6.54 Å². The number of fused-ring (bicyclic) bond motifs is 2. The zero-order valence-corrected chi connectivity index (χ0v) is 20.0. The van der Waals surface area contributed by atoms with Crippen LogP contribution >= 0.6 is 23.2 Å². The van der Waals surface area contributed by atoms with Crippen LogP contribution in [0.25, 0.3) is 0 Å². The van der Waals surface area contributed by atoms with Crippen molar-refractivity contribution in [1.29, 1.82) is 0 Å². The van der Waals surface area contributed by atoms with Gasteiger partial charge >= 0.3 is 0 Å². The summed E-state index contributed by atoms with van der Waals surface area (Å²) in [6.07, 6.45) is 1.00. The number of anilines is 2. The average molecular weight is 490 g/mol. The number of para-hydroxylation sites is 1. The number of nitrogens with zero attached hydrogens (tertiary/aromatic N) is 2. The van der Waals surface area contributed by atoms with Gasteiger partial charge in [-0.3, -0.25) is 0 Å². The molecule has 8 heteroatoms. The van der Waals surface area contributed by atoms with Crippen molar-refractivity contribution in [2.45, 2.75) is 23.8 Å². The number of aryl methyl sites for hydroxylation is 2. The number of nitrogens with one attached hydrogen (secondary N) is 1. The summed E-state index contributed by atoms with van der Waals surface area (Å²) in [7, 11) is -1.38. The molecule has 0 amide bonds. The number of aliphatic hydroxyl groups excluding tert-OH is 1. The van der Waals surface area contributed by atoms with Crippen molar-refractivity contribution in [3.8, 4) is 0 Å². The van der Waals surface area contributed by atoms with Gasteiger partial charge in [-0.05, 0) is 66.4 Å². The standard InChI is InChI=1S/C24H25Cl2N3O2S/c1-27-32(31,22-12-10-19(25)11-13-22)28-15-21(30)16-29-23-5-3-2-4-17(23)6-7-18-8-9-20(26)14-24(18)29/h2-5,8-14,21,30H,6-7,15-16H2,1H3,(H,27,28,31). The van der Waals surface area contributed by atoms with Gasteiger partial charge in [0.05, 0.1) is 17.5 Å². The summed E-state index contributed by atoms with van der Waals surface area (Å²) in [5, 5.41) is 12.1. The van der Waals surface area contributed by atoms with E-state index in [9.17, 15) is 9.32 Å². The molecule has 2 atom stereocenters. The van der Waals surface area contributed by atoms with Crippen LogP contribution in [0, 0.1) is 0 Å². The van der Waals surface area contributed by atoms with E-state index in [0.717, 1.165) is 24.2 Å². The molecule has 168 valence electrons. The predicted molar refractivity (Wildman–Crippen MR) is 133 cm³/mol. The minimum atomic E-state index is -2.88. The summed E-state index contributed by atoms with van der Waals surface area (Å²) in [5.74, 6) is 0. The Kier molecular flexibility index (Phi) is 7.08. The fourth-order valence-corrected chi connectivity index (χ4v) is 5.66. The average Bonchev–Trinajstić information content (AvgIpc) is 2.95. The van der Waals surface area contributed by atoms with Gasteiger partial charge in [0.2, 0.25) is 0 Å². The molecule has 0 saturated carbocycles. The van der Waals surface area contributed by atoms with Gasteiger partial charge in [0, 0.05) is 35.0 Å². The molecular formula is C24H25Cl2N3O2S. The number of aliphatic hydroxyl groups is 1. The van der Waals surface area contributed by atoms with Crippen LogP contribution in [-0.4, -0.2) is 35.6 Å². The first kappa shape index (κ1) is 23.1. The Morgan fingerprint density at radius 3 is 2.38 bits per heavy atom. The summed E-state index contributed by atoms with van der Waals surface area (Å²) in [6, 6.07) is 20.8. The zero-order valence-electron chi connectivity index (χ0n) is 17.7. The normalized spacial score (nSPS) is 15.8. The molecule has 0 aliphatic carbocycles. The molecule has 0 fully saturated rings. The summed E-state index contributed by atoms with van der Waals surface area (Å²) >= 11 is 12.3. The van der Waals surface area contributed by atoms with Crippen molar-refractivity contribution >= 4 is 44.5 Å². The molecule has 0 saturated heterocycles. The Hall–Kier alpha value is -2.09. The third-order valence-electron chi connectivity index (χ3n) is 5.58. The number of halogens is 2. The zero-order chi connectivity index (χ0) is 22.7. The van der Waals surface area contributed by atoms with E-state index in [1.807, 2.05) is 30.3 Å². The lowest BCUT2D eigenvalue weighted by molar-refractivity contribution is 0.187. The van der Waals surface area contributed by atoms with Crippen LogP contribution in [0.3, 0.4) is 0 Å². The summed E-state index contributed by atoms with van der Waals surface area (Å²) in [5.41, 5.74) is 4.43. The van der Waals surface area contributed by atoms with Gasteiger partial charge in [-0.1, -0.05) is 47.5 Å². The molecule has 2 unspecified atom stereocenters. The Morgan fingerprint density at radius 1 is 1.00 bits per heavy atom. The van der Waals surface area contributed by atoms with Crippen LogP contribution in [0.2, 0.25) is 10.0 Å². The van der Waals surface area contributed by atoms with Gasteiger partial charge in [0.1, 0.15) is 9.92 Å². The van der Waals surface area contributed by atoms with Crippen molar-refractivity contribution in [3.63, 3.8) is 0 Å². The second kappa shape index (κ2) is 9.81. The van der Waals surface area contributed by atoms with E-state index in [1.165, 1.54) is 18.2 Å². The van der Waals surface area contributed by atoms with Crippen LogP contribution in [0.4, 0.5) is 11.4 Å². The number of hydrogen-bond donors (Lipinski definition) is 2. The van der Waals surface area contributed by atoms with Gasteiger partial charge in [-0.25, -0.2) is 13.3 Å². The number of hydrogen-bond acceptors (Lipinski definition) is 4. The van der Waals surface area contributed by atoms with Crippen LogP contribution in [-0.2, 0) is 22.8 Å². The maximum Gasteiger partial charge on any atom is 0.137 e. The molecule has 3 aromatic rings. The van der Waals surface area contributed by atoms with Gasteiger partial charge < -0.3 is 10.0 Å². The second-order valence-corrected chi connectivity index (χ2v) is 10.7. The van der Waals surface area contributed by atoms with E-state index in [1.54, 1.807) is 24.3 Å². The molecular weight excluding hydrogens is 465 g/mol. The predicted octanol–water partition coefficient (Wildman–Crippen LogP) is 5.25. The largest absolute Gasteiger partial charge is 0.390 e. The summed E-state index contributed by atoms with van der Waals surface area (Å²) < 4.78 is 20.3. The van der Waals surface area contributed by atoms with E-state index in [2.05, 4.69) is 26.1 Å².